The first-order valence-electron chi connectivity index (χ1n) is 11.4. The molecule has 0 fully saturated rings. The molecule has 37 heavy (non-hydrogen) atoms. The van der Waals surface area contributed by atoms with Gasteiger partial charge in [0, 0.05) is 23.4 Å². The van der Waals surface area contributed by atoms with E-state index in [9.17, 15) is 18.0 Å². The Morgan fingerprint density at radius 3 is 2.49 bits per heavy atom. The van der Waals surface area contributed by atoms with Gasteiger partial charge in [-0.2, -0.15) is 13.2 Å². The van der Waals surface area contributed by atoms with Crippen molar-refractivity contribution in [3.63, 3.8) is 0 Å². The zero-order valence-electron chi connectivity index (χ0n) is 19.7. The van der Waals surface area contributed by atoms with Gasteiger partial charge in [-0.15, -0.1) is 0 Å². The van der Waals surface area contributed by atoms with Gasteiger partial charge in [-0.1, -0.05) is 65.8 Å². The second-order valence-electron chi connectivity index (χ2n) is 8.36. The van der Waals surface area contributed by atoms with Gasteiger partial charge in [0.1, 0.15) is 17.1 Å². The normalized spacial score (nSPS) is 11.5. The van der Waals surface area contributed by atoms with Gasteiger partial charge in [-0.05, 0) is 36.2 Å². The third-order valence-electron chi connectivity index (χ3n) is 6.00. The van der Waals surface area contributed by atoms with E-state index in [0.717, 1.165) is 17.2 Å². The number of carbonyl (C=O) groups is 1. The summed E-state index contributed by atoms with van der Waals surface area (Å²) in [6.07, 6.45) is -1.64. The number of nitrogens with zero attached hydrogens (tertiary/aromatic N) is 3. The molecule has 1 amide bonds. The van der Waals surface area contributed by atoms with Crippen LogP contribution in [-0.2, 0) is 12.7 Å². The summed E-state index contributed by atoms with van der Waals surface area (Å²) in [4.78, 5) is 17.2. The average Bonchev–Trinajstić information content (AvgIpc) is 3.54. The number of benzene rings is 3. The van der Waals surface area contributed by atoms with E-state index in [4.69, 9.17) is 4.52 Å². The molecule has 0 spiro atoms. The first kappa shape index (κ1) is 24.1. The van der Waals surface area contributed by atoms with Crippen molar-refractivity contribution >= 4 is 5.91 Å². The number of alkyl halides is 3. The van der Waals surface area contributed by atoms with E-state index in [1.807, 2.05) is 30.3 Å². The highest BCUT2D eigenvalue weighted by molar-refractivity contribution is 5.93. The van der Waals surface area contributed by atoms with E-state index in [1.165, 1.54) is 29.2 Å². The predicted octanol–water partition coefficient (Wildman–Crippen LogP) is 6.45. The molecule has 186 valence electrons. The Bertz CT molecular complexity index is 1560. The van der Waals surface area contributed by atoms with Crippen molar-refractivity contribution in [2.75, 3.05) is 0 Å². The molecular weight excluding hydrogens is 481 g/mol. The second-order valence-corrected chi connectivity index (χ2v) is 8.36. The Balaban J connectivity index is 1.41. The molecule has 0 saturated carbocycles. The molecule has 0 aliphatic rings. The average molecular weight is 502 g/mol. The van der Waals surface area contributed by atoms with Gasteiger partial charge in [-0.25, -0.2) is 4.98 Å². The second kappa shape index (κ2) is 9.77. The standard InChI is InChI=1S/C28H21F3N4O2/c1-18-23(26(34-37-18)19-8-3-2-4-9-19)15-33-27(36)25-16-32-17-35(25)21-11-7-10-20(14-21)22-12-5-6-13-24(22)28(29,30)31/h2-14,16-17H,15H2,1H3,(H,33,36). The predicted molar refractivity (Wildman–Crippen MR) is 132 cm³/mol. The van der Waals surface area contributed by atoms with Gasteiger partial charge in [0.25, 0.3) is 5.91 Å². The maximum atomic E-state index is 13.6. The molecule has 0 radical (unpaired) electrons. The lowest BCUT2D eigenvalue weighted by atomic mass is 9.99. The van der Waals surface area contributed by atoms with Gasteiger partial charge in [0.2, 0.25) is 0 Å². The molecule has 9 heteroatoms. The van der Waals surface area contributed by atoms with Gasteiger partial charge in [-0.3, -0.25) is 9.36 Å². The van der Waals surface area contributed by atoms with Crippen LogP contribution in [0.4, 0.5) is 13.2 Å². The quantitative estimate of drug-likeness (QED) is 0.290. The molecule has 1 N–H and O–H groups in total. The number of hydrogen-bond acceptors (Lipinski definition) is 4. The highest BCUT2D eigenvalue weighted by atomic mass is 19.4. The first-order chi connectivity index (χ1) is 17.8. The molecule has 0 aliphatic heterocycles. The summed E-state index contributed by atoms with van der Waals surface area (Å²) in [6.45, 7) is 1.94. The zero-order valence-corrected chi connectivity index (χ0v) is 19.7. The van der Waals surface area contributed by atoms with Crippen LogP contribution in [0, 0.1) is 6.92 Å². The van der Waals surface area contributed by atoms with Crippen LogP contribution in [0.25, 0.3) is 28.1 Å². The first-order valence-corrected chi connectivity index (χ1v) is 11.4. The molecule has 3 aromatic carbocycles. The molecule has 6 nitrogen and oxygen atoms in total. The van der Waals surface area contributed by atoms with E-state index >= 15 is 0 Å². The van der Waals surface area contributed by atoms with Crippen molar-refractivity contribution in [2.24, 2.45) is 0 Å². The molecule has 0 unspecified atom stereocenters. The van der Waals surface area contributed by atoms with Crippen LogP contribution in [0.5, 0.6) is 0 Å². The highest BCUT2D eigenvalue weighted by Crippen LogP contribution is 2.37. The van der Waals surface area contributed by atoms with Gasteiger partial charge in [0.05, 0.1) is 18.1 Å². The lowest BCUT2D eigenvalue weighted by Gasteiger charge is -2.14. The van der Waals surface area contributed by atoms with E-state index in [2.05, 4.69) is 15.5 Å². The van der Waals surface area contributed by atoms with Crippen molar-refractivity contribution in [1.82, 2.24) is 20.0 Å². The van der Waals surface area contributed by atoms with Crippen molar-refractivity contribution in [2.45, 2.75) is 19.6 Å². The van der Waals surface area contributed by atoms with Gasteiger partial charge >= 0.3 is 6.18 Å². The monoisotopic (exact) mass is 502 g/mol. The summed E-state index contributed by atoms with van der Waals surface area (Å²) < 4.78 is 47.6. The number of aryl methyl sites for hydroxylation is 1. The van der Waals surface area contributed by atoms with Crippen molar-refractivity contribution in [1.29, 1.82) is 0 Å². The number of rotatable bonds is 6. The summed E-state index contributed by atoms with van der Waals surface area (Å²) in [5, 5.41) is 7.01. The molecule has 5 rings (SSSR count). The van der Waals surface area contributed by atoms with Gasteiger partial charge < -0.3 is 9.84 Å². The van der Waals surface area contributed by atoms with Crippen LogP contribution in [0.3, 0.4) is 0 Å². The maximum Gasteiger partial charge on any atom is 0.417 e. The van der Waals surface area contributed by atoms with E-state index < -0.39 is 17.6 Å². The summed E-state index contributed by atoms with van der Waals surface area (Å²) in [7, 11) is 0. The smallest absolute Gasteiger partial charge is 0.361 e. The fraction of sp³-hybridized carbons (Fsp3) is 0.107. The van der Waals surface area contributed by atoms with Crippen LogP contribution in [-0.4, -0.2) is 20.6 Å². The number of carbonyl (C=O) groups excluding carboxylic acids is 1. The number of amides is 1. The Morgan fingerprint density at radius 1 is 0.973 bits per heavy atom. The molecule has 5 aromatic rings. The maximum absolute atomic E-state index is 13.6. The Labute approximate surface area is 210 Å². The highest BCUT2D eigenvalue weighted by Gasteiger charge is 2.33. The minimum atomic E-state index is -4.49. The number of imidazole rings is 1. The molecule has 0 aliphatic carbocycles. The molecular formula is C28H21F3N4O2. The number of aromatic nitrogens is 3. The molecule has 2 aromatic heterocycles. The summed E-state index contributed by atoms with van der Waals surface area (Å²) >= 11 is 0. The van der Waals surface area contributed by atoms with Crippen LogP contribution in [0.1, 0.15) is 27.4 Å². The Hall–Kier alpha value is -4.66. The van der Waals surface area contributed by atoms with Crippen LogP contribution >= 0.6 is 0 Å². The molecule has 0 bridgehead atoms. The SMILES string of the molecule is Cc1onc(-c2ccccc2)c1CNC(=O)c1cncn1-c1cccc(-c2ccccc2C(F)(F)F)c1. The van der Waals surface area contributed by atoms with E-state index in [0.29, 0.717) is 22.7 Å². The lowest BCUT2D eigenvalue weighted by molar-refractivity contribution is -0.137. The van der Waals surface area contributed by atoms with E-state index in [-0.39, 0.29) is 17.8 Å². The lowest BCUT2D eigenvalue weighted by Crippen LogP contribution is -2.25. The van der Waals surface area contributed by atoms with Crippen LogP contribution in [0.15, 0.2) is 95.9 Å². The Morgan fingerprint density at radius 2 is 1.70 bits per heavy atom. The van der Waals surface area contributed by atoms with Crippen LogP contribution in [0.2, 0.25) is 0 Å². The van der Waals surface area contributed by atoms with Crippen molar-refractivity contribution < 1.29 is 22.5 Å². The molecule has 0 atom stereocenters. The van der Waals surface area contributed by atoms with Crippen LogP contribution < -0.4 is 5.32 Å². The molecule has 0 saturated heterocycles. The third kappa shape index (κ3) is 4.88. The van der Waals surface area contributed by atoms with Crippen molar-refractivity contribution in [3.8, 4) is 28.1 Å². The number of nitrogens with one attached hydrogen (secondary N) is 1. The number of hydrogen-bond donors (Lipinski definition) is 1. The fourth-order valence-corrected chi connectivity index (χ4v) is 4.16. The largest absolute Gasteiger partial charge is 0.417 e. The minimum Gasteiger partial charge on any atom is -0.361 e. The summed E-state index contributed by atoms with van der Waals surface area (Å²) in [5.74, 6) is 0.182. The van der Waals surface area contributed by atoms with Gasteiger partial charge in [0.15, 0.2) is 0 Å². The zero-order chi connectivity index (χ0) is 26.0. The van der Waals surface area contributed by atoms with E-state index in [1.54, 1.807) is 37.3 Å². The third-order valence-corrected chi connectivity index (χ3v) is 6.00. The summed E-state index contributed by atoms with van der Waals surface area (Å²) in [5.41, 5.74) is 2.69. The topological polar surface area (TPSA) is 73.0 Å². The molecule has 2 heterocycles. The summed E-state index contributed by atoms with van der Waals surface area (Å²) in [6, 6.07) is 21.4. The fourth-order valence-electron chi connectivity index (χ4n) is 4.16. The minimum absolute atomic E-state index is 0.0549. The number of halogens is 3. The Kier molecular flexibility index (Phi) is 6.35. The van der Waals surface area contributed by atoms with Crippen molar-refractivity contribution in [3.05, 3.63) is 114 Å².